The van der Waals surface area contributed by atoms with Gasteiger partial charge in [-0.2, -0.15) is 0 Å². The van der Waals surface area contributed by atoms with Gasteiger partial charge in [-0.05, 0) is 49.7 Å². The zero-order chi connectivity index (χ0) is 16.2. The average molecular weight is 335 g/mol. The van der Waals surface area contributed by atoms with Crippen LogP contribution in [0.1, 0.15) is 43.0 Å². The normalized spacial score (nSPS) is 24.1. The molecule has 23 heavy (non-hydrogen) atoms. The van der Waals surface area contributed by atoms with E-state index >= 15 is 0 Å². The highest BCUT2D eigenvalue weighted by Crippen LogP contribution is 2.24. The van der Waals surface area contributed by atoms with E-state index in [1.807, 2.05) is 4.90 Å². The van der Waals surface area contributed by atoms with E-state index in [0.29, 0.717) is 19.0 Å². The summed E-state index contributed by atoms with van der Waals surface area (Å²) in [6.07, 6.45) is 3.64. The fraction of sp³-hybridized carbons (Fsp3) is 0.647. The third-order valence-electron chi connectivity index (χ3n) is 4.83. The van der Waals surface area contributed by atoms with Gasteiger partial charge in [0.25, 0.3) is 0 Å². The summed E-state index contributed by atoms with van der Waals surface area (Å²) in [4.78, 5) is 27.7. The molecule has 2 amide bonds. The number of hydrogen-bond acceptors (Lipinski definition) is 4. The largest absolute Gasteiger partial charge is 0.352 e. The van der Waals surface area contributed by atoms with Crippen LogP contribution in [-0.4, -0.2) is 41.9 Å². The maximum atomic E-state index is 12.3. The minimum absolute atomic E-state index is 0.00729. The van der Waals surface area contributed by atoms with E-state index in [0.717, 1.165) is 32.4 Å². The molecule has 2 atom stereocenters. The standard InChI is InChI=1S/C17H25N3O2S/c1-12-14(3-2-8-18-12)19-16(21)4-5-17(22)20-9-6-15-13(11-20)7-10-23-15/h7,10,12,14,18H,2-6,8-9,11H2,1H3,(H,19,21). The van der Waals surface area contributed by atoms with Crippen molar-refractivity contribution < 1.29 is 9.59 Å². The minimum Gasteiger partial charge on any atom is -0.352 e. The molecule has 1 fully saturated rings. The summed E-state index contributed by atoms with van der Waals surface area (Å²) in [5, 5.41) is 8.53. The quantitative estimate of drug-likeness (QED) is 0.880. The number of carbonyl (C=O) groups is 2. The number of fused-ring (bicyclic) bond motifs is 1. The molecule has 0 aromatic carbocycles. The first-order valence-electron chi connectivity index (χ1n) is 8.49. The minimum atomic E-state index is -0.00729. The maximum absolute atomic E-state index is 12.3. The van der Waals surface area contributed by atoms with Crippen LogP contribution in [0.15, 0.2) is 11.4 Å². The van der Waals surface area contributed by atoms with Crippen LogP contribution in [0.25, 0.3) is 0 Å². The number of nitrogens with zero attached hydrogens (tertiary/aromatic N) is 1. The van der Waals surface area contributed by atoms with Gasteiger partial charge in [-0.15, -0.1) is 11.3 Å². The lowest BCUT2D eigenvalue weighted by atomic mass is 9.99. The predicted octanol–water partition coefficient (Wildman–Crippen LogP) is 1.67. The lowest BCUT2D eigenvalue weighted by molar-refractivity contribution is -0.134. The molecule has 6 heteroatoms. The van der Waals surface area contributed by atoms with Gasteiger partial charge >= 0.3 is 0 Å². The smallest absolute Gasteiger partial charge is 0.223 e. The number of nitrogens with one attached hydrogen (secondary N) is 2. The van der Waals surface area contributed by atoms with E-state index in [1.165, 1.54) is 10.4 Å². The van der Waals surface area contributed by atoms with Gasteiger partial charge in [0.15, 0.2) is 0 Å². The fourth-order valence-corrected chi connectivity index (χ4v) is 4.25. The summed E-state index contributed by atoms with van der Waals surface area (Å²) in [7, 11) is 0. The Morgan fingerprint density at radius 2 is 2.30 bits per heavy atom. The SMILES string of the molecule is CC1NCCCC1NC(=O)CCC(=O)N1CCc2sccc2C1. The van der Waals surface area contributed by atoms with Gasteiger partial charge in [0.05, 0.1) is 0 Å². The predicted molar refractivity (Wildman–Crippen MR) is 91.3 cm³/mol. The van der Waals surface area contributed by atoms with Crippen molar-refractivity contribution in [2.24, 2.45) is 0 Å². The molecule has 126 valence electrons. The average Bonchev–Trinajstić information content (AvgIpc) is 3.02. The zero-order valence-electron chi connectivity index (χ0n) is 13.6. The van der Waals surface area contributed by atoms with Crippen molar-refractivity contribution in [1.29, 1.82) is 0 Å². The van der Waals surface area contributed by atoms with Crippen molar-refractivity contribution in [2.45, 2.75) is 57.7 Å². The monoisotopic (exact) mass is 335 g/mol. The first kappa shape index (κ1) is 16.5. The van der Waals surface area contributed by atoms with Crippen molar-refractivity contribution in [2.75, 3.05) is 13.1 Å². The summed E-state index contributed by atoms with van der Waals surface area (Å²) in [6.45, 7) is 4.59. The van der Waals surface area contributed by atoms with Gasteiger partial charge in [-0.25, -0.2) is 0 Å². The fourth-order valence-electron chi connectivity index (χ4n) is 3.36. The first-order valence-corrected chi connectivity index (χ1v) is 9.37. The van der Waals surface area contributed by atoms with Crippen molar-refractivity contribution in [3.63, 3.8) is 0 Å². The molecule has 2 N–H and O–H groups in total. The van der Waals surface area contributed by atoms with Crippen LogP contribution in [0, 0.1) is 0 Å². The molecule has 3 rings (SSSR count). The van der Waals surface area contributed by atoms with Crippen LogP contribution in [-0.2, 0) is 22.6 Å². The molecule has 1 aromatic rings. The molecule has 1 saturated heterocycles. The summed E-state index contributed by atoms with van der Waals surface area (Å²) >= 11 is 1.77. The Morgan fingerprint density at radius 1 is 1.43 bits per heavy atom. The van der Waals surface area contributed by atoms with Crippen LogP contribution in [0.5, 0.6) is 0 Å². The summed E-state index contributed by atoms with van der Waals surface area (Å²) in [5.41, 5.74) is 1.26. The third kappa shape index (κ3) is 4.12. The molecule has 1 aromatic heterocycles. The van der Waals surface area contributed by atoms with E-state index in [4.69, 9.17) is 0 Å². The number of thiophene rings is 1. The van der Waals surface area contributed by atoms with Gasteiger partial charge < -0.3 is 15.5 Å². The molecule has 2 aliphatic rings. The Hall–Kier alpha value is -1.40. The van der Waals surface area contributed by atoms with Crippen LogP contribution in [0.4, 0.5) is 0 Å². The zero-order valence-corrected chi connectivity index (χ0v) is 14.5. The number of rotatable bonds is 4. The van der Waals surface area contributed by atoms with E-state index < -0.39 is 0 Å². The Bertz CT molecular complexity index is 572. The van der Waals surface area contributed by atoms with Gasteiger partial charge in [0.1, 0.15) is 0 Å². The molecule has 3 heterocycles. The highest BCUT2D eigenvalue weighted by molar-refractivity contribution is 7.10. The van der Waals surface area contributed by atoms with Gasteiger partial charge in [-0.1, -0.05) is 0 Å². The van der Waals surface area contributed by atoms with Crippen LogP contribution >= 0.6 is 11.3 Å². The number of carbonyl (C=O) groups excluding carboxylic acids is 2. The highest BCUT2D eigenvalue weighted by atomic mass is 32.1. The number of amides is 2. The lowest BCUT2D eigenvalue weighted by Gasteiger charge is -2.31. The van der Waals surface area contributed by atoms with Crippen LogP contribution in [0.3, 0.4) is 0 Å². The maximum Gasteiger partial charge on any atom is 0.223 e. The Morgan fingerprint density at radius 3 is 3.13 bits per heavy atom. The molecule has 0 spiro atoms. The van der Waals surface area contributed by atoms with Gasteiger partial charge in [0, 0.05) is 42.9 Å². The lowest BCUT2D eigenvalue weighted by Crippen LogP contribution is -2.52. The van der Waals surface area contributed by atoms with Gasteiger partial charge in [0.2, 0.25) is 11.8 Å². The van der Waals surface area contributed by atoms with Crippen LogP contribution < -0.4 is 10.6 Å². The molecule has 2 aliphatic heterocycles. The molecular formula is C17H25N3O2S. The van der Waals surface area contributed by atoms with E-state index in [9.17, 15) is 9.59 Å². The second-order valence-corrected chi connectivity index (χ2v) is 7.49. The highest BCUT2D eigenvalue weighted by Gasteiger charge is 2.24. The van der Waals surface area contributed by atoms with Crippen LogP contribution in [0.2, 0.25) is 0 Å². The molecule has 0 saturated carbocycles. The van der Waals surface area contributed by atoms with Gasteiger partial charge in [-0.3, -0.25) is 9.59 Å². The van der Waals surface area contributed by atoms with E-state index in [1.54, 1.807) is 11.3 Å². The topological polar surface area (TPSA) is 61.4 Å². The third-order valence-corrected chi connectivity index (χ3v) is 5.86. The molecule has 0 aliphatic carbocycles. The summed E-state index contributed by atoms with van der Waals surface area (Å²) in [5.74, 6) is 0.0824. The van der Waals surface area contributed by atoms with Crippen molar-refractivity contribution >= 4 is 23.2 Å². The molecular weight excluding hydrogens is 310 g/mol. The Balaban J connectivity index is 1.43. The number of piperidine rings is 1. The summed E-state index contributed by atoms with van der Waals surface area (Å²) < 4.78 is 0. The molecule has 2 unspecified atom stereocenters. The first-order chi connectivity index (χ1) is 11.1. The van der Waals surface area contributed by atoms with E-state index in [2.05, 4.69) is 29.0 Å². The summed E-state index contributed by atoms with van der Waals surface area (Å²) in [6, 6.07) is 2.60. The van der Waals surface area contributed by atoms with Crippen molar-refractivity contribution in [3.8, 4) is 0 Å². The second-order valence-electron chi connectivity index (χ2n) is 6.49. The Labute approximate surface area is 141 Å². The molecule has 0 radical (unpaired) electrons. The molecule has 5 nitrogen and oxygen atoms in total. The number of hydrogen-bond donors (Lipinski definition) is 2. The van der Waals surface area contributed by atoms with Crippen molar-refractivity contribution in [3.05, 3.63) is 21.9 Å². The van der Waals surface area contributed by atoms with E-state index in [-0.39, 0.29) is 24.3 Å². The Kier molecular flexibility index (Phi) is 5.33. The second kappa shape index (κ2) is 7.45. The molecule has 0 bridgehead atoms. The van der Waals surface area contributed by atoms with Crippen molar-refractivity contribution in [1.82, 2.24) is 15.5 Å².